The molecule has 0 spiro atoms. The maximum atomic E-state index is 13.1. The maximum Gasteiger partial charge on any atom is 0.316 e. The van der Waals surface area contributed by atoms with Gasteiger partial charge in [0.1, 0.15) is 5.75 Å². The minimum Gasteiger partial charge on any atom is -0.426 e. The van der Waals surface area contributed by atoms with Gasteiger partial charge in [-0.2, -0.15) is 0 Å². The molecule has 2 heterocycles. The van der Waals surface area contributed by atoms with Gasteiger partial charge in [0.15, 0.2) is 0 Å². The van der Waals surface area contributed by atoms with Crippen molar-refractivity contribution in [1.29, 1.82) is 0 Å². The topological polar surface area (TPSA) is 29.5 Å². The van der Waals surface area contributed by atoms with Gasteiger partial charge in [0.25, 0.3) is 0 Å². The molecule has 2 aromatic carbocycles. The van der Waals surface area contributed by atoms with E-state index in [9.17, 15) is 4.79 Å². The first-order chi connectivity index (χ1) is 12.1. The normalized spacial score (nSPS) is 28.7. The fraction of sp³-hybridized carbons (Fsp3) is 0.381. The molecule has 0 amide bonds. The lowest BCUT2D eigenvalue weighted by molar-refractivity contribution is -0.143. The van der Waals surface area contributed by atoms with Crippen LogP contribution in [0, 0.1) is 9.49 Å². The van der Waals surface area contributed by atoms with Gasteiger partial charge in [0.2, 0.25) is 0 Å². The highest BCUT2D eigenvalue weighted by atomic mass is 123. The number of fused-ring (bicyclic) bond motifs is 2. The predicted octanol–water partition coefficient (Wildman–Crippen LogP) is 4.46. The molecule has 2 aliphatic rings. The Balaban J connectivity index is 1.64. The zero-order chi connectivity index (χ0) is 17.4. The first-order valence-corrected chi connectivity index (χ1v) is 9.95. The summed E-state index contributed by atoms with van der Waals surface area (Å²) in [4.78, 5) is 15.5. The lowest BCUT2D eigenvalue weighted by Gasteiger charge is -2.41. The van der Waals surface area contributed by atoms with E-state index in [0.717, 1.165) is 12.8 Å². The van der Waals surface area contributed by atoms with E-state index in [2.05, 4.69) is 58.8 Å². The van der Waals surface area contributed by atoms with E-state index < -0.39 is 0 Å². The van der Waals surface area contributed by atoms with Crippen molar-refractivity contribution in [1.82, 2.24) is 4.90 Å². The highest BCUT2D eigenvalue weighted by molar-refractivity contribution is 14.1. The second kappa shape index (κ2) is 7.08. The molecule has 0 saturated carbocycles. The molecule has 4 rings (SSSR count). The summed E-state index contributed by atoms with van der Waals surface area (Å²) in [6.45, 7) is 0. The van der Waals surface area contributed by atoms with Crippen LogP contribution in [0.3, 0.4) is 0 Å². The molecule has 2 fully saturated rings. The van der Waals surface area contributed by atoms with Gasteiger partial charge in [-0.25, -0.2) is 0 Å². The van der Waals surface area contributed by atoms with E-state index in [-0.39, 0.29) is 23.8 Å². The van der Waals surface area contributed by atoms with Gasteiger partial charge in [0, 0.05) is 21.6 Å². The minimum atomic E-state index is -0.107. The molecule has 0 aromatic heterocycles. The summed E-state index contributed by atoms with van der Waals surface area (Å²) in [5.74, 6) is 0.675. The van der Waals surface area contributed by atoms with Crippen molar-refractivity contribution in [3.63, 3.8) is 0 Å². The predicted molar refractivity (Wildman–Crippen MR) is 107 cm³/mol. The van der Waals surface area contributed by atoms with Crippen molar-refractivity contribution in [2.24, 2.45) is 5.92 Å². The summed E-state index contributed by atoms with van der Waals surface area (Å²) in [5.41, 5.74) is 1.26. The molecule has 130 valence electrons. The van der Waals surface area contributed by atoms with Crippen molar-refractivity contribution >= 4 is 28.6 Å². The van der Waals surface area contributed by atoms with Crippen LogP contribution >= 0.6 is 22.6 Å². The van der Waals surface area contributed by atoms with E-state index in [1.54, 1.807) is 0 Å². The summed E-state index contributed by atoms with van der Waals surface area (Å²) >= 11 is 2.32. The van der Waals surface area contributed by atoms with Crippen LogP contribution in [-0.2, 0) is 4.79 Å². The van der Waals surface area contributed by atoms with Crippen LogP contribution in [0.4, 0.5) is 0 Å². The van der Waals surface area contributed by atoms with E-state index in [4.69, 9.17) is 4.74 Å². The van der Waals surface area contributed by atoms with E-state index in [1.807, 2.05) is 30.3 Å². The van der Waals surface area contributed by atoms with Crippen molar-refractivity contribution < 1.29 is 9.53 Å². The van der Waals surface area contributed by atoms with Crippen molar-refractivity contribution in [2.45, 2.75) is 37.3 Å². The van der Waals surface area contributed by atoms with Gasteiger partial charge >= 0.3 is 5.97 Å². The van der Waals surface area contributed by atoms with Gasteiger partial charge in [-0.15, -0.1) is 0 Å². The number of piperidine rings is 1. The Morgan fingerprint density at radius 2 is 1.80 bits per heavy atom. The van der Waals surface area contributed by atoms with E-state index in [0.29, 0.717) is 11.8 Å². The monoisotopic (exact) mass is 443 g/mol. The van der Waals surface area contributed by atoms with Crippen LogP contribution in [0.5, 0.6) is 5.75 Å². The second-order valence-corrected chi connectivity index (χ2v) is 8.36. The first kappa shape index (κ1) is 17.0. The van der Waals surface area contributed by atoms with Crippen LogP contribution < -0.4 is 4.74 Å². The van der Waals surface area contributed by atoms with Gasteiger partial charge in [0.05, 0.1) is 5.92 Å². The molecule has 3 nitrogen and oxygen atoms in total. The zero-order valence-corrected chi connectivity index (χ0v) is 16.4. The smallest absolute Gasteiger partial charge is 0.316 e. The fourth-order valence-corrected chi connectivity index (χ4v) is 4.87. The number of hydrogen-bond donors (Lipinski definition) is 0. The molecule has 2 aromatic rings. The lowest BCUT2D eigenvalue weighted by Crippen LogP contribution is -2.49. The highest BCUT2D eigenvalue weighted by Gasteiger charge is 2.49. The number of halogens is 1. The number of esters is 1. The summed E-state index contributed by atoms with van der Waals surface area (Å²) in [7, 11) is 2.16. The standard InChI is InChI=1S/C21H22INO2/c1-23-16-11-12-19(23)20(21(24)25-17-5-3-2-4-6-17)18(13-16)14-7-9-15(22)10-8-14/h2-10,16,18-20H,11-13H2,1H3/t16-,18+,19-,20-/m0/s1/i22-4. The highest BCUT2D eigenvalue weighted by Crippen LogP contribution is 2.46. The Hall–Kier alpha value is -1.40. The zero-order valence-electron chi connectivity index (χ0n) is 14.3. The van der Waals surface area contributed by atoms with Crippen LogP contribution in [0.15, 0.2) is 54.6 Å². The average molecular weight is 443 g/mol. The SMILES string of the molecule is CN1[C@H]2CC[C@H]1[C@@H](C(=O)Oc1ccccc1)[C@@H](c1ccc([123I])cc1)C2. The largest absolute Gasteiger partial charge is 0.426 e. The minimum absolute atomic E-state index is 0.0908. The van der Waals surface area contributed by atoms with Gasteiger partial charge in [-0.3, -0.25) is 9.69 Å². The van der Waals surface area contributed by atoms with Crippen molar-refractivity contribution in [3.8, 4) is 5.75 Å². The summed E-state index contributed by atoms with van der Waals surface area (Å²) < 4.78 is 6.98. The Labute approximate surface area is 162 Å². The van der Waals surface area contributed by atoms with Gasteiger partial charge < -0.3 is 4.74 Å². The first-order valence-electron chi connectivity index (χ1n) is 8.87. The van der Waals surface area contributed by atoms with Crippen LogP contribution in [0.1, 0.15) is 30.7 Å². The average Bonchev–Trinajstić information content (AvgIpc) is 2.86. The third-order valence-corrected chi connectivity index (χ3v) is 6.52. The van der Waals surface area contributed by atoms with Crippen molar-refractivity contribution in [2.75, 3.05) is 7.05 Å². The number of para-hydroxylation sites is 1. The summed E-state index contributed by atoms with van der Waals surface area (Å²) in [6, 6.07) is 18.9. The molecule has 4 heteroatoms. The number of benzene rings is 2. The molecule has 4 atom stereocenters. The number of nitrogens with zero attached hydrogens (tertiary/aromatic N) is 1. The molecule has 0 N–H and O–H groups in total. The van der Waals surface area contributed by atoms with E-state index in [1.165, 1.54) is 15.6 Å². The molecule has 0 radical (unpaired) electrons. The number of hydrogen-bond acceptors (Lipinski definition) is 3. The molecule has 2 aliphatic heterocycles. The molecule has 2 bridgehead atoms. The Kier molecular flexibility index (Phi) is 4.82. The Morgan fingerprint density at radius 1 is 1.08 bits per heavy atom. The molecular weight excluding hydrogens is 421 g/mol. The molecular formula is C21H22INO2. The van der Waals surface area contributed by atoms with Crippen LogP contribution in [-0.4, -0.2) is 30.0 Å². The maximum absolute atomic E-state index is 13.1. The molecule has 0 unspecified atom stereocenters. The lowest BCUT2D eigenvalue weighted by atomic mass is 9.76. The summed E-state index contributed by atoms with van der Waals surface area (Å²) in [5, 5.41) is 0. The molecule has 0 aliphatic carbocycles. The van der Waals surface area contributed by atoms with Gasteiger partial charge in [-0.1, -0.05) is 30.3 Å². The third kappa shape index (κ3) is 3.34. The number of ether oxygens (including phenoxy) is 1. The van der Waals surface area contributed by atoms with Crippen LogP contribution in [0.2, 0.25) is 0 Å². The van der Waals surface area contributed by atoms with Crippen molar-refractivity contribution in [3.05, 3.63) is 63.7 Å². The number of rotatable bonds is 3. The quantitative estimate of drug-likeness (QED) is 0.399. The van der Waals surface area contributed by atoms with Crippen LogP contribution in [0.25, 0.3) is 0 Å². The van der Waals surface area contributed by atoms with Gasteiger partial charge in [-0.05, 0) is 78.7 Å². The molecule has 2 saturated heterocycles. The van der Waals surface area contributed by atoms with E-state index >= 15 is 0 Å². The second-order valence-electron chi connectivity index (χ2n) is 7.12. The Morgan fingerprint density at radius 3 is 2.52 bits per heavy atom. The Bertz CT molecular complexity index is 746. The summed E-state index contributed by atoms with van der Waals surface area (Å²) in [6.07, 6.45) is 3.29. The number of carbonyl (C=O) groups is 1. The molecule has 25 heavy (non-hydrogen) atoms. The number of carbonyl (C=O) groups excluding carboxylic acids is 1. The fourth-order valence-electron chi connectivity index (χ4n) is 4.51. The third-order valence-electron chi connectivity index (χ3n) is 5.80.